The lowest BCUT2D eigenvalue weighted by Crippen LogP contribution is -2.46. The van der Waals surface area contributed by atoms with Gasteiger partial charge in [0.1, 0.15) is 11.4 Å². The molecule has 0 saturated carbocycles. The Morgan fingerprint density at radius 1 is 1.30 bits per heavy atom. The minimum atomic E-state index is -1.02. The van der Waals surface area contributed by atoms with Gasteiger partial charge in [-0.05, 0) is 53.5 Å². The lowest BCUT2D eigenvalue weighted by molar-refractivity contribution is -0.138. The first kappa shape index (κ1) is 23.9. The predicted octanol–water partition coefficient (Wildman–Crippen LogP) is 4.98. The number of thiazole rings is 1. The molecule has 0 unspecified atom stereocenters. The van der Waals surface area contributed by atoms with Crippen LogP contribution in [0.15, 0.2) is 59.5 Å². The molecule has 1 N–H and O–H groups in total. The van der Waals surface area contributed by atoms with Gasteiger partial charge in [0.15, 0.2) is 11.7 Å². The predicted molar refractivity (Wildman–Crippen MR) is 141 cm³/mol. The van der Waals surface area contributed by atoms with Gasteiger partial charge in [-0.15, -0.1) is 10.2 Å². The van der Waals surface area contributed by atoms with Gasteiger partial charge in [0.05, 0.1) is 11.1 Å². The Labute approximate surface area is 222 Å². The molecule has 3 aromatic rings. The summed E-state index contributed by atoms with van der Waals surface area (Å²) in [7, 11) is 0. The molecular weight excluding hydrogens is 512 g/mol. The molecule has 2 aliphatic heterocycles. The number of ether oxygens (including phenoxy) is 1. The summed E-state index contributed by atoms with van der Waals surface area (Å²) in [5.74, 6) is 0.442. The fraction of sp³-hybridized carbons (Fsp3) is 0.346. The molecule has 0 bridgehead atoms. The van der Waals surface area contributed by atoms with Crippen LogP contribution in [0.5, 0.6) is 0 Å². The lowest BCUT2D eigenvalue weighted by atomic mass is 9.79. The Morgan fingerprint density at radius 3 is 2.92 bits per heavy atom. The zero-order chi connectivity index (χ0) is 25.6. The molecule has 0 atom stereocenters. The molecule has 4 heterocycles. The maximum Gasteiger partial charge on any atom is 0.327 e. The summed E-state index contributed by atoms with van der Waals surface area (Å²) in [4.78, 5) is 19.6. The molecule has 1 fully saturated rings. The van der Waals surface area contributed by atoms with Crippen molar-refractivity contribution >= 4 is 39.6 Å². The van der Waals surface area contributed by atoms with Crippen LogP contribution in [0.1, 0.15) is 38.2 Å². The molecule has 1 aliphatic carbocycles. The van der Waals surface area contributed by atoms with Gasteiger partial charge in [-0.3, -0.25) is 4.79 Å². The molecule has 0 amide bonds. The van der Waals surface area contributed by atoms with Gasteiger partial charge in [0.25, 0.3) is 0 Å². The number of piperidine rings is 1. The number of hydrogen-bond acceptors (Lipinski definition) is 8. The zero-order valence-electron chi connectivity index (χ0n) is 20.2. The van der Waals surface area contributed by atoms with E-state index in [-0.39, 0.29) is 12.1 Å². The Bertz CT molecular complexity index is 1460. The van der Waals surface area contributed by atoms with E-state index in [1.54, 1.807) is 6.20 Å². The molecule has 1 aromatic carbocycles. The second-order valence-electron chi connectivity index (χ2n) is 9.49. The fourth-order valence-electron chi connectivity index (χ4n) is 5.19. The van der Waals surface area contributed by atoms with Gasteiger partial charge in [-0.2, -0.15) is 4.80 Å². The summed E-state index contributed by atoms with van der Waals surface area (Å²) in [6.07, 6.45) is 9.88. The number of tetrazole rings is 1. The van der Waals surface area contributed by atoms with Crippen molar-refractivity contribution in [3.8, 4) is 10.7 Å². The number of nitrogens with zero attached hydrogens (tertiary/aromatic N) is 6. The first-order chi connectivity index (χ1) is 17.9. The Morgan fingerprint density at radius 2 is 2.14 bits per heavy atom. The molecule has 3 aliphatic rings. The number of rotatable bonds is 5. The molecule has 190 valence electrons. The molecule has 9 nitrogen and oxygen atoms in total. The molecule has 11 heteroatoms. The molecule has 0 radical (unpaired) electrons. The molecule has 37 heavy (non-hydrogen) atoms. The highest BCUT2D eigenvalue weighted by molar-refractivity contribution is 7.18. The van der Waals surface area contributed by atoms with Crippen molar-refractivity contribution in [3.63, 3.8) is 0 Å². The van der Waals surface area contributed by atoms with E-state index in [0.29, 0.717) is 5.82 Å². The van der Waals surface area contributed by atoms with Gasteiger partial charge in [0, 0.05) is 42.9 Å². The van der Waals surface area contributed by atoms with Crippen LogP contribution in [-0.4, -0.2) is 55.0 Å². The van der Waals surface area contributed by atoms with Crippen molar-refractivity contribution in [2.75, 3.05) is 18.0 Å². The SMILES string of the molecule is CC1=CCCC2=C1C(c1cccc(Cl)c1)=CC1(CCN(c3ncc(-c4nnn(CC(=O)O)n4)s3)CC1)O2. The number of carboxylic acids is 1. The molecule has 2 aromatic heterocycles. The first-order valence-corrected chi connectivity index (χ1v) is 13.4. The molecule has 1 spiro atoms. The number of carbonyl (C=O) groups is 1. The summed E-state index contributed by atoms with van der Waals surface area (Å²) in [6.45, 7) is 3.42. The highest BCUT2D eigenvalue weighted by atomic mass is 35.5. The number of hydrogen-bond donors (Lipinski definition) is 1. The van der Waals surface area contributed by atoms with E-state index in [4.69, 9.17) is 21.4 Å². The van der Waals surface area contributed by atoms with Crippen LogP contribution in [0.4, 0.5) is 5.13 Å². The van der Waals surface area contributed by atoms with Crippen LogP contribution in [0.2, 0.25) is 5.02 Å². The Hall–Kier alpha value is -3.50. The number of halogens is 1. The molecule has 1 saturated heterocycles. The van der Waals surface area contributed by atoms with Crippen molar-refractivity contribution in [1.82, 2.24) is 25.2 Å². The summed E-state index contributed by atoms with van der Waals surface area (Å²) in [5.41, 5.74) is 4.41. The average molecular weight is 537 g/mol. The second kappa shape index (κ2) is 9.42. The number of allylic oxidation sites excluding steroid dienone is 5. The molecular formula is C26H25ClN6O3S. The van der Waals surface area contributed by atoms with E-state index >= 15 is 0 Å². The Kier molecular flexibility index (Phi) is 6.08. The van der Waals surface area contributed by atoms with E-state index < -0.39 is 5.97 Å². The Balaban J connectivity index is 1.23. The second-order valence-corrected chi connectivity index (χ2v) is 10.9. The van der Waals surface area contributed by atoms with Crippen LogP contribution < -0.4 is 4.90 Å². The standard InChI is InChI=1S/C26H25ClN6O3S/c1-16-4-2-7-20-23(16)19(17-5-3-6-18(27)12-17)13-26(36-20)8-10-32(11-9-26)25-28-14-21(37-25)24-29-31-33(30-24)15-22(34)35/h3-6,12-14H,2,7-11,15H2,1H3,(H,34,35). The van der Waals surface area contributed by atoms with Gasteiger partial charge < -0.3 is 14.7 Å². The maximum absolute atomic E-state index is 10.9. The van der Waals surface area contributed by atoms with Gasteiger partial charge in [-0.1, -0.05) is 41.1 Å². The number of benzene rings is 1. The van der Waals surface area contributed by atoms with Gasteiger partial charge in [0.2, 0.25) is 5.82 Å². The van der Waals surface area contributed by atoms with E-state index in [2.05, 4.69) is 50.4 Å². The number of carboxylic acid groups (broad SMARTS) is 1. The summed E-state index contributed by atoms with van der Waals surface area (Å²) in [6, 6.07) is 8.06. The quantitative estimate of drug-likeness (QED) is 0.486. The third-order valence-electron chi connectivity index (χ3n) is 6.96. The minimum absolute atomic E-state index is 0.328. The number of aromatic nitrogens is 5. The van der Waals surface area contributed by atoms with Crippen molar-refractivity contribution in [2.45, 2.75) is 44.8 Å². The topological polar surface area (TPSA) is 106 Å². The van der Waals surface area contributed by atoms with Gasteiger partial charge in [-0.25, -0.2) is 4.98 Å². The van der Waals surface area contributed by atoms with Crippen LogP contribution in [0.25, 0.3) is 16.3 Å². The lowest BCUT2D eigenvalue weighted by Gasteiger charge is -2.44. The van der Waals surface area contributed by atoms with Crippen LogP contribution in [0, 0.1) is 0 Å². The zero-order valence-corrected chi connectivity index (χ0v) is 21.8. The van der Waals surface area contributed by atoms with Crippen molar-refractivity contribution in [3.05, 3.63) is 70.1 Å². The third-order valence-corrected chi connectivity index (χ3v) is 8.25. The summed E-state index contributed by atoms with van der Waals surface area (Å²) in [5, 5.41) is 22.5. The van der Waals surface area contributed by atoms with Crippen molar-refractivity contribution < 1.29 is 14.6 Å². The largest absolute Gasteiger partial charge is 0.487 e. The normalized spacial score (nSPS) is 18.8. The van der Waals surface area contributed by atoms with Crippen LogP contribution in [-0.2, 0) is 16.1 Å². The molecule has 6 rings (SSSR count). The minimum Gasteiger partial charge on any atom is -0.487 e. The van der Waals surface area contributed by atoms with Crippen molar-refractivity contribution in [1.29, 1.82) is 0 Å². The van der Waals surface area contributed by atoms with Crippen LogP contribution in [0.3, 0.4) is 0 Å². The number of aliphatic carboxylic acids is 1. The van der Waals surface area contributed by atoms with Gasteiger partial charge >= 0.3 is 5.97 Å². The summed E-state index contributed by atoms with van der Waals surface area (Å²) >= 11 is 7.85. The van der Waals surface area contributed by atoms with E-state index in [1.165, 1.54) is 28.1 Å². The van der Waals surface area contributed by atoms with E-state index in [1.807, 2.05) is 18.2 Å². The third kappa shape index (κ3) is 4.67. The maximum atomic E-state index is 10.9. The smallest absolute Gasteiger partial charge is 0.327 e. The highest BCUT2D eigenvalue weighted by Gasteiger charge is 2.41. The highest BCUT2D eigenvalue weighted by Crippen LogP contribution is 2.47. The fourth-order valence-corrected chi connectivity index (χ4v) is 6.27. The van der Waals surface area contributed by atoms with E-state index in [9.17, 15) is 4.79 Å². The van der Waals surface area contributed by atoms with Crippen molar-refractivity contribution in [2.24, 2.45) is 0 Å². The monoisotopic (exact) mass is 536 g/mol. The average Bonchev–Trinajstić information content (AvgIpc) is 3.54. The first-order valence-electron chi connectivity index (χ1n) is 12.2. The number of anilines is 1. The van der Waals surface area contributed by atoms with E-state index in [0.717, 1.165) is 69.9 Å². The summed E-state index contributed by atoms with van der Waals surface area (Å²) < 4.78 is 6.77. The van der Waals surface area contributed by atoms with Crippen LogP contribution >= 0.6 is 22.9 Å².